The molecule has 2 aromatic rings. The molecule has 1 aliphatic heterocycles. The average Bonchev–Trinajstić information content (AvgIpc) is 2.75. The van der Waals surface area contributed by atoms with E-state index in [-0.39, 0.29) is 24.1 Å². The van der Waals surface area contributed by atoms with Gasteiger partial charge in [0.1, 0.15) is 10.7 Å². The highest BCUT2D eigenvalue weighted by Crippen LogP contribution is 2.26. The largest absolute Gasteiger partial charge is 0.383 e. The summed E-state index contributed by atoms with van der Waals surface area (Å²) in [5, 5.41) is 9.06. The molecule has 1 heterocycles. The van der Waals surface area contributed by atoms with E-state index in [0.717, 1.165) is 18.7 Å². The topological polar surface area (TPSA) is 73.6 Å². The van der Waals surface area contributed by atoms with Crippen molar-refractivity contribution in [2.75, 3.05) is 33.4 Å². The van der Waals surface area contributed by atoms with Crippen molar-refractivity contribution in [3.63, 3.8) is 0 Å². The van der Waals surface area contributed by atoms with E-state index in [0.29, 0.717) is 24.9 Å². The van der Waals surface area contributed by atoms with Gasteiger partial charge in [-0.05, 0) is 42.7 Å². The zero-order valence-corrected chi connectivity index (χ0v) is 17.8. The first-order valence-corrected chi connectivity index (χ1v) is 11.4. The van der Waals surface area contributed by atoms with Crippen LogP contribution in [0.1, 0.15) is 24.0 Å². The number of ether oxygens (including phenoxy) is 1. The highest BCUT2D eigenvalue weighted by molar-refractivity contribution is 7.89. The number of rotatable bonds is 8. The van der Waals surface area contributed by atoms with Gasteiger partial charge in [0.25, 0.3) is 0 Å². The van der Waals surface area contributed by atoms with Gasteiger partial charge in [0.05, 0.1) is 18.2 Å². The molecule has 6 nitrogen and oxygen atoms in total. The maximum Gasteiger partial charge on any atom is 0.246 e. The summed E-state index contributed by atoms with van der Waals surface area (Å²) in [6.07, 6.45) is 1.30. The van der Waals surface area contributed by atoms with Crippen LogP contribution in [-0.2, 0) is 21.3 Å². The second kappa shape index (κ2) is 10.1. The Balaban J connectivity index is 1.71. The monoisotopic (exact) mass is 431 g/mol. The number of likely N-dealkylation sites (tertiary alicyclic amines) is 1. The van der Waals surface area contributed by atoms with Crippen LogP contribution in [-0.4, -0.2) is 57.0 Å². The molecule has 0 bridgehead atoms. The normalized spacial score (nSPS) is 15.9. The third-order valence-electron chi connectivity index (χ3n) is 5.37. The molecule has 2 aromatic carbocycles. The van der Waals surface area contributed by atoms with Crippen LogP contribution in [0.4, 0.5) is 4.39 Å². The lowest BCUT2D eigenvalue weighted by Crippen LogP contribution is -2.48. The lowest BCUT2D eigenvalue weighted by molar-refractivity contribution is 0.124. The van der Waals surface area contributed by atoms with Crippen molar-refractivity contribution >= 4 is 10.0 Å². The van der Waals surface area contributed by atoms with Crippen molar-refractivity contribution < 1.29 is 17.5 Å². The van der Waals surface area contributed by atoms with Crippen LogP contribution in [0.3, 0.4) is 0 Å². The van der Waals surface area contributed by atoms with E-state index >= 15 is 0 Å². The van der Waals surface area contributed by atoms with Crippen molar-refractivity contribution in [3.8, 4) is 6.07 Å². The van der Waals surface area contributed by atoms with Crippen LogP contribution in [0, 0.1) is 17.1 Å². The Morgan fingerprint density at radius 1 is 1.20 bits per heavy atom. The minimum atomic E-state index is -3.97. The van der Waals surface area contributed by atoms with Crippen LogP contribution in [0.5, 0.6) is 0 Å². The number of benzene rings is 2. The molecule has 0 radical (unpaired) electrons. The van der Waals surface area contributed by atoms with E-state index in [1.54, 1.807) is 6.07 Å². The molecule has 0 aliphatic carbocycles. The Bertz CT molecular complexity index is 999. The second-order valence-corrected chi connectivity index (χ2v) is 9.22. The maximum absolute atomic E-state index is 14.2. The van der Waals surface area contributed by atoms with Crippen LogP contribution >= 0.6 is 0 Å². The van der Waals surface area contributed by atoms with Gasteiger partial charge < -0.3 is 4.74 Å². The molecule has 0 spiro atoms. The molecule has 0 unspecified atom stereocenters. The van der Waals surface area contributed by atoms with Gasteiger partial charge in [0.15, 0.2) is 0 Å². The quantitative estimate of drug-likeness (QED) is 0.642. The van der Waals surface area contributed by atoms with Gasteiger partial charge in [-0.3, -0.25) is 4.90 Å². The SMILES string of the molecule is COCCN(C1CCN(Cc2cccc(C#N)c2)CC1)S(=O)(=O)c1ccccc1F. The molecular formula is C22H26FN3O3S. The Labute approximate surface area is 177 Å². The third kappa shape index (κ3) is 5.24. The molecule has 160 valence electrons. The molecule has 3 rings (SSSR count). The minimum Gasteiger partial charge on any atom is -0.383 e. The van der Waals surface area contributed by atoms with Gasteiger partial charge in [0, 0.05) is 39.3 Å². The van der Waals surface area contributed by atoms with E-state index in [2.05, 4.69) is 11.0 Å². The molecule has 1 saturated heterocycles. The Hall–Kier alpha value is -2.31. The molecule has 30 heavy (non-hydrogen) atoms. The third-order valence-corrected chi connectivity index (χ3v) is 7.35. The average molecular weight is 432 g/mol. The molecule has 0 atom stereocenters. The van der Waals surface area contributed by atoms with Gasteiger partial charge in [-0.15, -0.1) is 0 Å². The molecule has 1 fully saturated rings. The fourth-order valence-corrected chi connectivity index (χ4v) is 5.56. The lowest BCUT2D eigenvalue weighted by Gasteiger charge is -2.37. The van der Waals surface area contributed by atoms with E-state index in [9.17, 15) is 12.8 Å². The number of nitriles is 1. The van der Waals surface area contributed by atoms with Gasteiger partial charge >= 0.3 is 0 Å². The van der Waals surface area contributed by atoms with Gasteiger partial charge in [-0.2, -0.15) is 9.57 Å². The molecule has 0 amide bonds. The Morgan fingerprint density at radius 2 is 1.93 bits per heavy atom. The Kier molecular flexibility index (Phi) is 7.56. The van der Waals surface area contributed by atoms with Crippen LogP contribution in [0.2, 0.25) is 0 Å². The Morgan fingerprint density at radius 3 is 2.60 bits per heavy atom. The lowest BCUT2D eigenvalue weighted by atomic mass is 10.0. The molecule has 0 saturated carbocycles. The van der Waals surface area contributed by atoms with Crippen molar-refractivity contribution in [2.24, 2.45) is 0 Å². The fourth-order valence-electron chi connectivity index (χ4n) is 3.82. The van der Waals surface area contributed by atoms with Crippen molar-refractivity contribution in [1.29, 1.82) is 5.26 Å². The molecular weight excluding hydrogens is 405 g/mol. The second-order valence-electron chi connectivity index (χ2n) is 7.36. The van der Waals surface area contributed by atoms with Gasteiger partial charge in [-0.25, -0.2) is 12.8 Å². The summed E-state index contributed by atoms with van der Waals surface area (Å²) in [6.45, 7) is 2.58. The summed E-state index contributed by atoms with van der Waals surface area (Å²) in [5.74, 6) is -0.741. The van der Waals surface area contributed by atoms with E-state index in [1.165, 1.54) is 35.7 Å². The van der Waals surface area contributed by atoms with Crippen molar-refractivity contribution in [1.82, 2.24) is 9.21 Å². The molecule has 0 N–H and O–H groups in total. The number of hydrogen-bond acceptors (Lipinski definition) is 5. The highest BCUT2D eigenvalue weighted by atomic mass is 32.2. The number of methoxy groups -OCH3 is 1. The van der Waals surface area contributed by atoms with Crippen LogP contribution in [0.25, 0.3) is 0 Å². The summed E-state index contributed by atoms with van der Waals surface area (Å²) >= 11 is 0. The highest BCUT2D eigenvalue weighted by Gasteiger charge is 2.35. The molecule has 0 aromatic heterocycles. The number of hydrogen-bond donors (Lipinski definition) is 0. The summed E-state index contributed by atoms with van der Waals surface area (Å²) in [6, 6.07) is 14.9. The first-order chi connectivity index (χ1) is 14.5. The van der Waals surface area contributed by atoms with Crippen LogP contribution in [0.15, 0.2) is 53.4 Å². The number of nitrogens with zero attached hydrogens (tertiary/aromatic N) is 3. The number of halogens is 1. The van der Waals surface area contributed by atoms with Gasteiger partial charge in [-0.1, -0.05) is 24.3 Å². The predicted octanol–water partition coefficient (Wildman–Crippen LogP) is 3.00. The maximum atomic E-state index is 14.2. The van der Waals surface area contributed by atoms with Crippen LogP contribution < -0.4 is 0 Å². The smallest absolute Gasteiger partial charge is 0.246 e. The van der Waals surface area contributed by atoms with E-state index < -0.39 is 15.8 Å². The predicted molar refractivity (Wildman–Crippen MR) is 112 cm³/mol. The van der Waals surface area contributed by atoms with E-state index in [4.69, 9.17) is 10.00 Å². The zero-order valence-electron chi connectivity index (χ0n) is 17.0. The van der Waals surface area contributed by atoms with Crippen molar-refractivity contribution in [2.45, 2.75) is 30.3 Å². The summed E-state index contributed by atoms with van der Waals surface area (Å²) < 4.78 is 47.1. The fraction of sp³-hybridized carbons (Fsp3) is 0.409. The van der Waals surface area contributed by atoms with Crippen molar-refractivity contribution in [3.05, 3.63) is 65.5 Å². The van der Waals surface area contributed by atoms with E-state index in [1.807, 2.05) is 18.2 Å². The summed E-state index contributed by atoms with van der Waals surface area (Å²) in [7, 11) is -2.45. The number of sulfonamides is 1. The molecule has 8 heteroatoms. The van der Waals surface area contributed by atoms with Gasteiger partial charge in [0.2, 0.25) is 10.0 Å². The summed E-state index contributed by atoms with van der Waals surface area (Å²) in [4.78, 5) is 1.95. The first-order valence-electron chi connectivity index (χ1n) is 9.92. The number of piperidine rings is 1. The summed E-state index contributed by atoms with van der Waals surface area (Å²) in [5.41, 5.74) is 1.69. The minimum absolute atomic E-state index is 0.183. The molecule has 1 aliphatic rings. The first kappa shape index (κ1) is 22.4. The standard InChI is InChI=1S/C22H26FN3O3S/c1-29-14-13-26(30(27,28)22-8-3-2-7-21(22)23)20-9-11-25(12-10-20)17-19-6-4-5-18(15-19)16-24/h2-8,15,20H,9-14,17H2,1H3. The zero-order chi connectivity index (χ0) is 21.6.